The average molecular weight is 631 g/mol. The first-order chi connectivity index (χ1) is 20.5. The van der Waals surface area contributed by atoms with E-state index in [2.05, 4.69) is 20.6 Å². The minimum absolute atomic E-state index is 0.0687. The molecule has 12 nitrogen and oxygen atoms in total. The zero-order valence-corrected chi connectivity index (χ0v) is 26.3. The van der Waals surface area contributed by atoms with Crippen molar-refractivity contribution < 1.29 is 19.0 Å². The third-order valence-corrected chi connectivity index (χ3v) is 7.95. The standard InChI is InChI=1S/C29H33Cl2N7O5/c1-29(2,34-4)11-17(12-32)26(39)37-14-18(15-37)43-8-7-38-25-16(13-35-28(33-3)36-25)9-19(27(38)40)22-23(30)20(41-5)10-21(42-6)24(22)31/h9-11,13,18,34H,7-8,14-15H2,1-6H3,(H,33,35,36). The van der Waals surface area contributed by atoms with E-state index < -0.39 is 11.1 Å². The molecule has 1 aromatic carbocycles. The molecule has 0 bridgehead atoms. The number of anilines is 1. The maximum atomic E-state index is 14.0. The predicted molar refractivity (Wildman–Crippen MR) is 165 cm³/mol. The van der Waals surface area contributed by atoms with Gasteiger partial charge in [-0.05, 0) is 33.0 Å². The van der Waals surface area contributed by atoms with Gasteiger partial charge in [-0.25, -0.2) is 4.98 Å². The maximum absolute atomic E-state index is 14.0. The fraction of sp³-hybridized carbons (Fsp3) is 0.414. The van der Waals surface area contributed by atoms with Gasteiger partial charge in [0.05, 0.1) is 49.1 Å². The van der Waals surface area contributed by atoms with Crippen molar-refractivity contribution >= 4 is 46.1 Å². The average Bonchev–Trinajstić information content (AvgIpc) is 2.98. The molecule has 0 aliphatic carbocycles. The Hall–Kier alpha value is -3.89. The molecule has 4 rings (SSSR count). The van der Waals surface area contributed by atoms with Crippen molar-refractivity contribution in [1.29, 1.82) is 5.26 Å². The maximum Gasteiger partial charge on any atom is 0.264 e. The molecule has 1 fully saturated rings. The smallest absolute Gasteiger partial charge is 0.264 e. The van der Waals surface area contributed by atoms with E-state index in [1.54, 1.807) is 43.4 Å². The van der Waals surface area contributed by atoms with E-state index >= 15 is 0 Å². The predicted octanol–water partition coefficient (Wildman–Crippen LogP) is 3.50. The van der Waals surface area contributed by atoms with E-state index in [-0.39, 0.29) is 51.9 Å². The number of methoxy groups -OCH3 is 2. The number of hydrogen-bond acceptors (Lipinski definition) is 10. The number of pyridine rings is 1. The summed E-state index contributed by atoms with van der Waals surface area (Å²) in [5.41, 5.74) is 0.0142. The van der Waals surface area contributed by atoms with E-state index in [1.807, 2.05) is 19.9 Å². The lowest BCUT2D eigenvalue weighted by atomic mass is 10.0. The number of ether oxygens (including phenoxy) is 3. The first kappa shape index (κ1) is 32.0. The fourth-order valence-corrected chi connectivity index (χ4v) is 5.26. The number of nitriles is 1. The molecule has 2 aromatic heterocycles. The van der Waals surface area contributed by atoms with Crippen molar-refractivity contribution in [2.75, 3.05) is 53.3 Å². The summed E-state index contributed by atoms with van der Waals surface area (Å²) in [5.74, 6) is 0.577. The van der Waals surface area contributed by atoms with Crippen LogP contribution in [0.15, 0.2) is 34.8 Å². The monoisotopic (exact) mass is 629 g/mol. The Bertz CT molecular complexity index is 1650. The molecular formula is C29H33Cl2N7O5. The zero-order chi connectivity index (χ0) is 31.5. The van der Waals surface area contributed by atoms with Gasteiger partial charge in [0.25, 0.3) is 11.5 Å². The summed E-state index contributed by atoms with van der Waals surface area (Å²) in [6.07, 6.45) is 2.96. The molecule has 0 unspecified atom stereocenters. The van der Waals surface area contributed by atoms with Gasteiger partial charge in [-0.15, -0.1) is 0 Å². The molecule has 43 heavy (non-hydrogen) atoms. The lowest BCUT2D eigenvalue weighted by Crippen LogP contribution is -2.55. The number of carbonyl (C=O) groups is 1. The molecule has 0 saturated carbocycles. The van der Waals surface area contributed by atoms with Crippen LogP contribution in [0.1, 0.15) is 13.8 Å². The van der Waals surface area contributed by atoms with Gasteiger partial charge in [0, 0.05) is 48.9 Å². The molecule has 2 N–H and O–H groups in total. The number of nitrogens with zero attached hydrogens (tertiary/aromatic N) is 5. The second-order valence-electron chi connectivity index (χ2n) is 10.4. The van der Waals surface area contributed by atoms with Crippen LogP contribution in [0.25, 0.3) is 22.2 Å². The van der Waals surface area contributed by atoms with Gasteiger partial charge in [0.1, 0.15) is 28.8 Å². The summed E-state index contributed by atoms with van der Waals surface area (Å²) in [4.78, 5) is 37.1. The molecule has 1 aliphatic rings. The Morgan fingerprint density at radius 2 is 1.84 bits per heavy atom. The van der Waals surface area contributed by atoms with Crippen molar-refractivity contribution in [2.24, 2.45) is 0 Å². The lowest BCUT2D eigenvalue weighted by molar-refractivity contribution is -0.140. The molecule has 1 amide bonds. The van der Waals surface area contributed by atoms with Crippen LogP contribution in [0.3, 0.4) is 0 Å². The van der Waals surface area contributed by atoms with Crippen LogP contribution in [0.4, 0.5) is 5.95 Å². The number of aromatic nitrogens is 3. The van der Waals surface area contributed by atoms with Crippen LogP contribution in [-0.2, 0) is 16.1 Å². The summed E-state index contributed by atoms with van der Waals surface area (Å²) in [5, 5.41) is 16.3. The fourth-order valence-electron chi connectivity index (χ4n) is 4.55. The molecule has 1 saturated heterocycles. The highest BCUT2D eigenvalue weighted by Crippen LogP contribution is 2.45. The van der Waals surface area contributed by atoms with Gasteiger partial charge in [0.15, 0.2) is 0 Å². The van der Waals surface area contributed by atoms with Crippen molar-refractivity contribution in [3.8, 4) is 28.7 Å². The molecule has 1 aliphatic heterocycles. The van der Waals surface area contributed by atoms with Gasteiger partial charge in [-0.3, -0.25) is 14.2 Å². The second kappa shape index (κ2) is 13.2. The number of rotatable bonds is 11. The molecule has 0 atom stereocenters. The minimum atomic E-state index is -0.507. The van der Waals surface area contributed by atoms with Crippen LogP contribution in [0.2, 0.25) is 10.0 Å². The third kappa shape index (κ3) is 6.55. The topological polar surface area (TPSA) is 144 Å². The highest BCUT2D eigenvalue weighted by molar-refractivity contribution is 6.41. The summed E-state index contributed by atoms with van der Waals surface area (Å²) in [7, 11) is 6.35. The Balaban J connectivity index is 1.60. The van der Waals surface area contributed by atoms with Gasteiger partial charge >= 0.3 is 0 Å². The van der Waals surface area contributed by atoms with Gasteiger partial charge in [-0.1, -0.05) is 23.2 Å². The zero-order valence-electron chi connectivity index (χ0n) is 24.7. The van der Waals surface area contributed by atoms with Gasteiger partial charge in [0.2, 0.25) is 5.95 Å². The normalized spacial score (nSPS) is 13.9. The number of likely N-dealkylation sites (tertiary alicyclic amines) is 1. The molecule has 228 valence electrons. The van der Waals surface area contributed by atoms with Crippen molar-refractivity contribution in [3.05, 3.63) is 50.4 Å². The van der Waals surface area contributed by atoms with Crippen LogP contribution in [-0.4, -0.2) is 85.0 Å². The number of halogens is 2. The third-order valence-electron chi connectivity index (χ3n) is 7.20. The Labute approximate surface area is 259 Å². The Morgan fingerprint density at radius 3 is 2.40 bits per heavy atom. The molecule has 3 heterocycles. The number of amides is 1. The lowest BCUT2D eigenvalue weighted by Gasteiger charge is -2.39. The van der Waals surface area contributed by atoms with Crippen LogP contribution >= 0.6 is 23.2 Å². The summed E-state index contributed by atoms with van der Waals surface area (Å²) < 4.78 is 18.3. The summed E-state index contributed by atoms with van der Waals surface area (Å²) >= 11 is 13.3. The molecule has 3 aromatic rings. The quantitative estimate of drug-likeness (QED) is 0.239. The highest BCUT2D eigenvalue weighted by atomic mass is 35.5. The highest BCUT2D eigenvalue weighted by Gasteiger charge is 2.34. The molecule has 14 heteroatoms. The van der Waals surface area contributed by atoms with E-state index in [1.165, 1.54) is 18.8 Å². The number of nitrogens with one attached hydrogen (secondary N) is 2. The number of fused-ring (bicyclic) bond motifs is 1. The number of benzene rings is 1. The summed E-state index contributed by atoms with van der Waals surface area (Å²) in [6.45, 7) is 4.70. The number of likely N-dealkylation sites (N-methyl/N-ethyl adjacent to an activating group) is 1. The van der Waals surface area contributed by atoms with Crippen LogP contribution in [0, 0.1) is 11.3 Å². The second-order valence-corrected chi connectivity index (χ2v) is 11.1. The van der Waals surface area contributed by atoms with E-state index in [0.29, 0.717) is 41.6 Å². The van der Waals surface area contributed by atoms with Crippen LogP contribution in [0.5, 0.6) is 11.5 Å². The first-order valence-corrected chi connectivity index (χ1v) is 14.2. The molecular weight excluding hydrogens is 597 g/mol. The Kier molecular flexibility index (Phi) is 9.82. The van der Waals surface area contributed by atoms with Crippen molar-refractivity contribution in [1.82, 2.24) is 24.8 Å². The van der Waals surface area contributed by atoms with Crippen molar-refractivity contribution in [3.63, 3.8) is 0 Å². The van der Waals surface area contributed by atoms with Gasteiger partial charge < -0.3 is 29.7 Å². The summed E-state index contributed by atoms with van der Waals surface area (Å²) in [6, 6.07) is 5.17. The van der Waals surface area contributed by atoms with Crippen LogP contribution < -0.4 is 25.7 Å². The SMILES string of the molecule is CNc1ncc2cc(-c3c(Cl)c(OC)cc(OC)c3Cl)c(=O)n(CCOC3CN(C(=O)C(C#N)=CC(C)(C)NC)C3)c2n1. The van der Waals surface area contributed by atoms with Crippen molar-refractivity contribution in [2.45, 2.75) is 32.0 Å². The number of hydrogen-bond donors (Lipinski definition) is 2. The van der Waals surface area contributed by atoms with E-state index in [4.69, 9.17) is 37.4 Å². The number of carbonyl (C=O) groups excluding carboxylic acids is 1. The van der Waals surface area contributed by atoms with E-state index in [9.17, 15) is 14.9 Å². The first-order valence-electron chi connectivity index (χ1n) is 13.4. The van der Waals surface area contributed by atoms with E-state index in [0.717, 1.165) is 0 Å². The Morgan fingerprint density at radius 1 is 1.19 bits per heavy atom. The minimum Gasteiger partial charge on any atom is -0.495 e. The molecule has 0 radical (unpaired) electrons. The van der Waals surface area contributed by atoms with Gasteiger partial charge in [-0.2, -0.15) is 10.2 Å². The largest absolute Gasteiger partial charge is 0.495 e. The molecule has 0 spiro atoms.